The Morgan fingerprint density at radius 2 is 1.88 bits per heavy atom. The van der Waals surface area contributed by atoms with Crippen LogP contribution >= 0.6 is 0 Å². The van der Waals surface area contributed by atoms with Crippen molar-refractivity contribution in [2.75, 3.05) is 32.2 Å². The van der Waals surface area contributed by atoms with E-state index in [4.69, 9.17) is 14.2 Å². The second-order valence-corrected chi connectivity index (χ2v) is 6.96. The summed E-state index contributed by atoms with van der Waals surface area (Å²) in [5, 5.41) is 3.18. The molecule has 1 N–H and O–H groups in total. The normalized spacial score (nSPS) is 11.5. The molecule has 0 saturated heterocycles. The first kappa shape index (κ1) is 24.7. The fraction of sp³-hybridized carbons (Fsp3) is 0.208. The molecule has 0 radical (unpaired) electrons. The van der Waals surface area contributed by atoms with E-state index in [9.17, 15) is 22.8 Å². The van der Waals surface area contributed by atoms with Gasteiger partial charge in [-0.3, -0.25) is 9.78 Å². The van der Waals surface area contributed by atoms with Crippen molar-refractivity contribution >= 4 is 34.5 Å². The summed E-state index contributed by atoms with van der Waals surface area (Å²) in [6.07, 6.45) is -0.341. The fourth-order valence-electron chi connectivity index (χ4n) is 2.96. The van der Waals surface area contributed by atoms with Crippen LogP contribution in [0.25, 0.3) is 17.0 Å². The first-order chi connectivity index (χ1) is 16.3. The molecular formula is C24H21F3N2O5. The number of hydrogen-bond donors (Lipinski definition) is 1. The number of ether oxygens (including phenoxy) is 3. The molecule has 1 amide bonds. The predicted molar refractivity (Wildman–Crippen MR) is 119 cm³/mol. The highest BCUT2D eigenvalue weighted by Gasteiger charge is 2.31. The van der Waals surface area contributed by atoms with E-state index in [0.717, 1.165) is 29.7 Å². The number of hydrogen-bond acceptors (Lipinski definition) is 6. The number of aromatic nitrogens is 1. The number of methoxy groups -OCH3 is 1. The van der Waals surface area contributed by atoms with Gasteiger partial charge in [0.05, 0.1) is 23.4 Å². The molecule has 7 nitrogen and oxygen atoms in total. The molecule has 1 heterocycles. The van der Waals surface area contributed by atoms with Crippen LogP contribution in [-0.4, -0.2) is 43.8 Å². The quantitative estimate of drug-likeness (QED) is 0.280. The van der Waals surface area contributed by atoms with E-state index in [2.05, 4.69) is 10.3 Å². The van der Waals surface area contributed by atoms with Gasteiger partial charge in [-0.15, -0.1) is 0 Å². The van der Waals surface area contributed by atoms with Gasteiger partial charge in [0.25, 0.3) is 5.91 Å². The Morgan fingerprint density at radius 3 is 2.65 bits per heavy atom. The zero-order valence-corrected chi connectivity index (χ0v) is 18.1. The van der Waals surface area contributed by atoms with Crippen molar-refractivity contribution in [1.82, 2.24) is 4.98 Å². The Bertz CT molecular complexity index is 1190. The van der Waals surface area contributed by atoms with Gasteiger partial charge < -0.3 is 19.5 Å². The molecule has 0 aliphatic heterocycles. The number of rotatable bonds is 9. The summed E-state index contributed by atoms with van der Waals surface area (Å²) in [6.45, 7) is -0.442. The third kappa shape index (κ3) is 6.79. The van der Waals surface area contributed by atoms with Gasteiger partial charge in [0, 0.05) is 30.3 Å². The minimum atomic E-state index is -4.61. The van der Waals surface area contributed by atoms with E-state index >= 15 is 0 Å². The number of alkyl halides is 3. The average Bonchev–Trinajstić information content (AvgIpc) is 2.81. The number of halogens is 3. The van der Waals surface area contributed by atoms with Crippen LogP contribution in [0.4, 0.5) is 18.9 Å². The van der Waals surface area contributed by atoms with Gasteiger partial charge in [0.15, 0.2) is 6.61 Å². The molecule has 10 heteroatoms. The lowest BCUT2D eigenvalue weighted by atomic mass is 10.1. The summed E-state index contributed by atoms with van der Waals surface area (Å²) in [5.41, 5.74) is 0.202. The summed E-state index contributed by atoms with van der Waals surface area (Å²) in [5.74, 6) is -1.61. The Hall–Kier alpha value is -3.92. The van der Waals surface area contributed by atoms with Crippen molar-refractivity contribution in [2.45, 2.75) is 6.18 Å². The molecule has 2 aromatic carbocycles. The standard InChI is InChI=1S/C24H21F3N2O5/c1-32-12-13-33-20-9-8-18(24(25,26)27)14-19(20)29-21(30)15-34-22(31)10-7-17-5-2-4-16-6-3-11-28-23(16)17/h2-11,14H,12-13,15H2,1H3,(H,29,30)/b10-7+. The predicted octanol–water partition coefficient (Wildman–Crippen LogP) is 4.47. The number of amides is 1. The Balaban J connectivity index is 1.63. The van der Waals surface area contributed by atoms with Gasteiger partial charge in [-0.05, 0) is 30.3 Å². The van der Waals surface area contributed by atoms with Crippen molar-refractivity contribution in [1.29, 1.82) is 0 Å². The third-order valence-corrected chi connectivity index (χ3v) is 4.53. The van der Waals surface area contributed by atoms with E-state index in [1.807, 2.05) is 18.2 Å². The van der Waals surface area contributed by atoms with Crippen LogP contribution in [0.5, 0.6) is 5.75 Å². The fourth-order valence-corrected chi connectivity index (χ4v) is 2.96. The maximum absolute atomic E-state index is 13.1. The highest BCUT2D eigenvalue weighted by Crippen LogP contribution is 2.35. The number of carbonyl (C=O) groups is 2. The molecule has 0 aliphatic rings. The molecule has 3 rings (SSSR count). The lowest BCUT2D eigenvalue weighted by Crippen LogP contribution is -2.21. The molecule has 0 unspecified atom stereocenters. The van der Waals surface area contributed by atoms with Crippen molar-refractivity contribution in [3.63, 3.8) is 0 Å². The van der Waals surface area contributed by atoms with Crippen LogP contribution in [0.1, 0.15) is 11.1 Å². The highest BCUT2D eigenvalue weighted by atomic mass is 19.4. The summed E-state index contributed by atoms with van der Waals surface area (Å²) in [4.78, 5) is 28.5. The zero-order chi connectivity index (χ0) is 24.6. The second kappa shape index (κ2) is 11.3. The molecule has 34 heavy (non-hydrogen) atoms. The molecule has 0 atom stereocenters. The van der Waals surface area contributed by atoms with Crippen molar-refractivity contribution in [3.8, 4) is 5.75 Å². The van der Waals surface area contributed by atoms with Gasteiger partial charge in [0.2, 0.25) is 0 Å². The lowest BCUT2D eigenvalue weighted by molar-refractivity contribution is -0.142. The molecule has 0 aliphatic carbocycles. The molecular weight excluding hydrogens is 453 g/mol. The first-order valence-corrected chi connectivity index (χ1v) is 10.1. The first-order valence-electron chi connectivity index (χ1n) is 10.1. The van der Waals surface area contributed by atoms with Crippen molar-refractivity contribution < 1.29 is 37.0 Å². The minimum absolute atomic E-state index is 0.0214. The number of anilines is 1. The van der Waals surface area contributed by atoms with E-state index in [1.54, 1.807) is 18.3 Å². The Morgan fingerprint density at radius 1 is 1.09 bits per heavy atom. The molecule has 178 valence electrons. The molecule has 0 bridgehead atoms. The molecule has 0 fully saturated rings. The van der Waals surface area contributed by atoms with Gasteiger partial charge in [-0.25, -0.2) is 4.79 Å². The van der Waals surface area contributed by atoms with Crippen LogP contribution in [0.3, 0.4) is 0 Å². The monoisotopic (exact) mass is 474 g/mol. The summed E-state index contributed by atoms with van der Waals surface area (Å²) < 4.78 is 54.3. The summed E-state index contributed by atoms with van der Waals surface area (Å²) in [6, 6.07) is 11.8. The van der Waals surface area contributed by atoms with Crippen LogP contribution in [0, 0.1) is 0 Å². The van der Waals surface area contributed by atoms with Crippen LogP contribution < -0.4 is 10.1 Å². The summed E-state index contributed by atoms with van der Waals surface area (Å²) >= 11 is 0. The smallest absolute Gasteiger partial charge is 0.416 e. The average molecular weight is 474 g/mol. The molecule has 1 aromatic heterocycles. The van der Waals surface area contributed by atoms with E-state index in [0.29, 0.717) is 11.1 Å². The molecule has 3 aromatic rings. The Kier molecular flexibility index (Phi) is 8.20. The zero-order valence-electron chi connectivity index (χ0n) is 18.1. The largest absolute Gasteiger partial charge is 0.489 e. The van der Waals surface area contributed by atoms with Crippen LogP contribution in [0.15, 0.2) is 60.8 Å². The number of carbonyl (C=O) groups excluding carboxylic acids is 2. The topological polar surface area (TPSA) is 86.8 Å². The van der Waals surface area contributed by atoms with E-state index in [1.165, 1.54) is 13.2 Å². The number of para-hydroxylation sites is 1. The minimum Gasteiger partial charge on any atom is -0.489 e. The van der Waals surface area contributed by atoms with Crippen LogP contribution in [0.2, 0.25) is 0 Å². The SMILES string of the molecule is COCCOc1ccc(C(F)(F)F)cc1NC(=O)COC(=O)/C=C/c1cccc2cccnc12. The lowest BCUT2D eigenvalue weighted by Gasteiger charge is -2.15. The number of nitrogens with one attached hydrogen (secondary N) is 1. The second-order valence-electron chi connectivity index (χ2n) is 6.96. The van der Waals surface area contributed by atoms with Crippen molar-refractivity contribution in [2.24, 2.45) is 0 Å². The Labute approximate surface area is 193 Å². The maximum atomic E-state index is 13.1. The van der Waals surface area contributed by atoms with Gasteiger partial charge in [-0.1, -0.05) is 24.3 Å². The van der Waals surface area contributed by atoms with E-state index < -0.39 is 30.2 Å². The number of esters is 1. The number of nitrogens with zero attached hydrogens (tertiary/aromatic N) is 1. The number of pyridine rings is 1. The van der Waals surface area contributed by atoms with Gasteiger partial charge in [0.1, 0.15) is 12.4 Å². The molecule has 0 saturated carbocycles. The number of fused-ring (bicyclic) bond motifs is 1. The number of benzene rings is 2. The highest BCUT2D eigenvalue weighted by molar-refractivity contribution is 5.96. The summed E-state index contributed by atoms with van der Waals surface area (Å²) in [7, 11) is 1.44. The van der Waals surface area contributed by atoms with Gasteiger partial charge in [-0.2, -0.15) is 13.2 Å². The molecule has 0 spiro atoms. The van der Waals surface area contributed by atoms with E-state index in [-0.39, 0.29) is 24.7 Å². The van der Waals surface area contributed by atoms with Crippen LogP contribution in [-0.2, 0) is 25.2 Å². The van der Waals surface area contributed by atoms with Crippen molar-refractivity contribution in [3.05, 3.63) is 71.9 Å². The third-order valence-electron chi connectivity index (χ3n) is 4.53. The maximum Gasteiger partial charge on any atom is 0.416 e. The van der Waals surface area contributed by atoms with Gasteiger partial charge >= 0.3 is 12.1 Å².